The van der Waals surface area contributed by atoms with Crippen LogP contribution in [0.1, 0.15) is 72.7 Å². The number of aromatic hydroxyl groups is 1. The summed E-state index contributed by atoms with van der Waals surface area (Å²) in [7, 11) is 0. The Hall–Kier alpha value is -2.80. The van der Waals surface area contributed by atoms with Gasteiger partial charge >= 0.3 is 6.18 Å². The molecule has 1 aliphatic rings. The molecule has 3 rings (SSSR count). The van der Waals surface area contributed by atoms with E-state index in [0.29, 0.717) is 35.5 Å². The van der Waals surface area contributed by atoms with E-state index in [-0.39, 0.29) is 23.7 Å². The number of allylic oxidation sites excluding steroid dienone is 1. The molecule has 2 aromatic rings. The molecule has 0 saturated carbocycles. The Morgan fingerprint density at radius 2 is 2.00 bits per heavy atom. The third kappa shape index (κ3) is 6.60. The molecule has 0 radical (unpaired) electrons. The van der Waals surface area contributed by atoms with Gasteiger partial charge in [0.05, 0.1) is 17.7 Å². The van der Waals surface area contributed by atoms with Crippen molar-refractivity contribution in [3.63, 3.8) is 0 Å². The number of ether oxygens (including phenoxy) is 2. The van der Waals surface area contributed by atoms with E-state index < -0.39 is 11.7 Å². The molecular weight excluding hydrogens is 433 g/mol. The van der Waals surface area contributed by atoms with Crippen LogP contribution in [0.2, 0.25) is 0 Å². The van der Waals surface area contributed by atoms with Gasteiger partial charge in [-0.15, -0.1) is 0 Å². The summed E-state index contributed by atoms with van der Waals surface area (Å²) in [5.74, 6) is 0.424. The normalized spacial score (nSPS) is 18.0. The Labute approximate surface area is 192 Å². The molecule has 33 heavy (non-hydrogen) atoms. The maximum absolute atomic E-state index is 12.8. The number of epoxide rings is 1. The number of alkyl halides is 3. The average Bonchev–Trinajstić information content (AvgIpc) is 3.54. The first-order chi connectivity index (χ1) is 15.7. The summed E-state index contributed by atoms with van der Waals surface area (Å²) < 4.78 is 49.9. The number of ketones is 1. The molecule has 0 bridgehead atoms. The van der Waals surface area contributed by atoms with Crippen molar-refractivity contribution in [2.45, 2.75) is 64.3 Å². The topological polar surface area (TPSA) is 59.1 Å². The van der Waals surface area contributed by atoms with Crippen LogP contribution in [0.5, 0.6) is 11.5 Å². The Kier molecular flexibility index (Phi) is 8.19. The number of hydrogen-bond acceptors (Lipinski definition) is 4. The number of Topliss-reactive ketones (excluding diaryl/α,β-unsaturated/α-hetero) is 1. The lowest BCUT2D eigenvalue weighted by Crippen LogP contribution is -2.05. The van der Waals surface area contributed by atoms with E-state index in [9.17, 15) is 23.1 Å². The SMILES string of the molecule is CCCc1c(OCCCC/C=C\[C@H]2O[C@@H]2c2cccc(C(F)(F)F)c2)ccc(C(C)=O)c1O. The molecule has 7 heteroatoms. The number of carbonyl (C=O) groups is 1. The number of halogens is 3. The first kappa shape index (κ1) is 24.8. The van der Waals surface area contributed by atoms with Crippen molar-refractivity contribution in [2.24, 2.45) is 0 Å². The van der Waals surface area contributed by atoms with Gasteiger partial charge in [-0.05, 0) is 62.4 Å². The molecule has 0 unspecified atom stereocenters. The highest BCUT2D eigenvalue weighted by molar-refractivity contribution is 5.97. The predicted molar refractivity (Wildman–Crippen MR) is 120 cm³/mol. The smallest absolute Gasteiger partial charge is 0.416 e. The molecule has 1 saturated heterocycles. The quantitative estimate of drug-likeness (QED) is 0.172. The third-order valence-electron chi connectivity index (χ3n) is 5.54. The lowest BCUT2D eigenvalue weighted by atomic mass is 10.0. The Bertz CT molecular complexity index is 998. The number of rotatable bonds is 11. The van der Waals surface area contributed by atoms with Gasteiger partial charge in [0.15, 0.2) is 5.78 Å². The van der Waals surface area contributed by atoms with Crippen molar-refractivity contribution >= 4 is 5.78 Å². The second kappa shape index (κ2) is 10.9. The van der Waals surface area contributed by atoms with Crippen molar-refractivity contribution in [1.82, 2.24) is 0 Å². The maximum atomic E-state index is 12.8. The summed E-state index contributed by atoms with van der Waals surface area (Å²) >= 11 is 0. The van der Waals surface area contributed by atoms with Crippen LogP contribution < -0.4 is 4.74 Å². The largest absolute Gasteiger partial charge is 0.507 e. The highest BCUT2D eigenvalue weighted by Gasteiger charge is 2.39. The van der Waals surface area contributed by atoms with Crippen LogP contribution in [0, 0.1) is 0 Å². The molecule has 0 aromatic heterocycles. The van der Waals surface area contributed by atoms with Crippen molar-refractivity contribution in [3.05, 3.63) is 70.8 Å². The number of unbranched alkanes of at least 4 members (excludes halogenated alkanes) is 2. The summed E-state index contributed by atoms with van der Waals surface area (Å²) in [6, 6.07) is 8.58. The zero-order valence-electron chi connectivity index (χ0n) is 18.8. The van der Waals surface area contributed by atoms with E-state index in [0.717, 1.165) is 37.8 Å². The first-order valence-electron chi connectivity index (χ1n) is 11.2. The molecule has 2 aromatic carbocycles. The third-order valence-corrected chi connectivity index (χ3v) is 5.54. The van der Waals surface area contributed by atoms with Gasteiger partial charge < -0.3 is 14.6 Å². The molecule has 4 nitrogen and oxygen atoms in total. The highest BCUT2D eigenvalue weighted by atomic mass is 19.4. The standard InChI is InChI=1S/C26H29F3O4/c1-3-9-21-22(14-13-20(17(2)30)24(21)31)32-15-7-5-4-6-12-23-25(33-23)18-10-8-11-19(16-18)26(27,28)29/h6,8,10-14,16,23,25,31H,3-5,7,9,15H2,1-2H3/b12-6-/t23-,25-/m1/s1. The van der Waals surface area contributed by atoms with E-state index in [1.165, 1.54) is 13.0 Å². The van der Waals surface area contributed by atoms with Crippen molar-refractivity contribution in [3.8, 4) is 11.5 Å². The fourth-order valence-electron chi connectivity index (χ4n) is 3.74. The zero-order valence-corrected chi connectivity index (χ0v) is 18.8. The summed E-state index contributed by atoms with van der Waals surface area (Å²) in [6.45, 7) is 3.90. The Morgan fingerprint density at radius 1 is 1.21 bits per heavy atom. The Morgan fingerprint density at radius 3 is 2.70 bits per heavy atom. The molecule has 0 aliphatic carbocycles. The fourth-order valence-corrected chi connectivity index (χ4v) is 3.74. The van der Waals surface area contributed by atoms with E-state index in [1.807, 2.05) is 19.1 Å². The molecule has 0 amide bonds. The van der Waals surface area contributed by atoms with Crippen LogP contribution in [0.3, 0.4) is 0 Å². The molecule has 2 atom stereocenters. The van der Waals surface area contributed by atoms with Crippen molar-refractivity contribution in [1.29, 1.82) is 0 Å². The number of carbonyl (C=O) groups excluding carboxylic acids is 1. The Balaban J connectivity index is 1.42. The molecule has 1 heterocycles. The van der Waals surface area contributed by atoms with Gasteiger partial charge in [0.2, 0.25) is 0 Å². The lowest BCUT2D eigenvalue weighted by molar-refractivity contribution is -0.137. The van der Waals surface area contributed by atoms with Crippen molar-refractivity contribution in [2.75, 3.05) is 6.61 Å². The van der Waals surface area contributed by atoms with Gasteiger partial charge in [-0.1, -0.05) is 37.6 Å². The number of phenolic OH excluding ortho intramolecular Hbond substituents is 1. The molecule has 178 valence electrons. The zero-order chi connectivity index (χ0) is 24.0. The second-order valence-electron chi connectivity index (χ2n) is 8.16. The summed E-state index contributed by atoms with van der Waals surface area (Å²) in [6.07, 6.45) is 2.92. The van der Waals surface area contributed by atoms with Crippen LogP contribution >= 0.6 is 0 Å². The maximum Gasteiger partial charge on any atom is 0.416 e. The van der Waals surface area contributed by atoms with Gasteiger partial charge in [0.25, 0.3) is 0 Å². The number of phenols is 1. The molecule has 1 fully saturated rings. The molecule has 1 aliphatic heterocycles. The van der Waals surface area contributed by atoms with Gasteiger partial charge in [-0.2, -0.15) is 13.2 Å². The van der Waals surface area contributed by atoms with E-state index in [4.69, 9.17) is 9.47 Å². The molecular formula is C26H29F3O4. The minimum atomic E-state index is -4.36. The van der Waals surface area contributed by atoms with E-state index in [2.05, 4.69) is 0 Å². The van der Waals surface area contributed by atoms with Crippen LogP contribution in [-0.2, 0) is 17.3 Å². The van der Waals surface area contributed by atoms with E-state index >= 15 is 0 Å². The minimum absolute atomic E-state index is 0.00420. The molecule has 1 N–H and O–H groups in total. The van der Waals surface area contributed by atoms with Gasteiger partial charge in [0, 0.05) is 5.56 Å². The summed E-state index contributed by atoms with van der Waals surface area (Å²) in [5.41, 5.74) is 0.845. The van der Waals surface area contributed by atoms with Crippen LogP contribution in [-0.4, -0.2) is 23.6 Å². The van der Waals surface area contributed by atoms with Crippen LogP contribution in [0.4, 0.5) is 13.2 Å². The van der Waals surface area contributed by atoms with E-state index in [1.54, 1.807) is 18.2 Å². The van der Waals surface area contributed by atoms with Crippen LogP contribution in [0.15, 0.2) is 48.6 Å². The number of benzene rings is 2. The average molecular weight is 463 g/mol. The lowest BCUT2D eigenvalue weighted by Gasteiger charge is -2.14. The second-order valence-corrected chi connectivity index (χ2v) is 8.16. The fraction of sp³-hybridized carbons (Fsp3) is 0.423. The summed E-state index contributed by atoms with van der Waals surface area (Å²) in [4.78, 5) is 11.6. The molecule has 0 spiro atoms. The van der Waals surface area contributed by atoms with Gasteiger partial charge in [0.1, 0.15) is 23.7 Å². The monoisotopic (exact) mass is 462 g/mol. The summed E-state index contributed by atoms with van der Waals surface area (Å²) in [5, 5.41) is 10.4. The van der Waals surface area contributed by atoms with Crippen LogP contribution in [0.25, 0.3) is 0 Å². The first-order valence-corrected chi connectivity index (χ1v) is 11.2. The predicted octanol–water partition coefficient (Wildman–Crippen LogP) is 6.81. The van der Waals surface area contributed by atoms with Gasteiger partial charge in [-0.25, -0.2) is 0 Å². The highest BCUT2D eigenvalue weighted by Crippen LogP contribution is 2.41. The van der Waals surface area contributed by atoms with Gasteiger partial charge in [-0.3, -0.25) is 4.79 Å². The number of hydrogen-bond donors (Lipinski definition) is 1. The minimum Gasteiger partial charge on any atom is -0.507 e. The van der Waals surface area contributed by atoms with Crippen molar-refractivity contribution < 1.29 is 32.5 Å².